The molecule has 1 heterocycles. The Balaban J connectivity index is 2.50. The normalized spacial score (nSPS) is 13.2. The lowest BCUT2D eigenvalue weighted by Gasteiger charge is -2.16. The minimum absolute atomic E-state index is 0.145. The maximum absolute atomic E-state index is 13.0. The van der Waals surface area contributed by atoms with E-state index >= 15 is 0 Å². The molecule has 2 rings (SSSR count). The molecule has 128 valence electrons. The molecule has 0 spiro atoms. The van der Waals surface area contributed by atoms with Crippen molar-refractivity contribution in [2.24, 2.45) is 0 Å². The highest BCUT2D eigenvalue weighted by Gasteiger charge is 2.41. The smallest absolute Gasteiger partial charge is 0.350 e. The number of anilines is 1. The van der Waals surface area contributed by atoms with Gasteiger partial charge in [0.25, 0.3) is 5.78 Å². The second-order valence-electron chi connectivity index (χ2n) is 4.87. The highest BCUT2D eigenvalue weighted by atomic mass is 19.4. The maximum Gasteiger partial charge on any atom is 0.454 e. The van der Waals surface area contributed by atoms with Gasteiger partial charge in [0.2, 0.25) is 0 Å². The van der Waals surface area contributed by atoms with Crippen LogP contribution in [0.25, 0.3) is 10.9 Å². The van der Waals surface area contributed by atoms with Gasteiger partial charge >= 0.3 is 12.4 Å². The number of allylic oxidation sites excluding steroid dienone is 2. The highest BCUT2D eigenvalue weighted by molar-refractivity contribution is 5.96. The molecule has 0 radical (unpaired) electrons. The first-order chi connectivity index (χ1) is 11.0. The summed E-state index contributed by atoms with van der Waals surface area (Å²) < 4.78 is 75.6. The van der Waals surface area contributed by atoms with E-state index in [0.29, 0.717) is 11.1 Å². The number of hydrogen-bond acceptors (Lipinski definition) is 3. The molecule has 1 aromatic carbocycles. The minimum atomic E-state index is -5.40. The molecular weight excluding hydrogens is 338 g/mol. The van der Waals surface area contributed by atoms with Crippen LogP contribution in [0.5, 0.6) is 0 Å². The summed E-state index contributed by atoms with van der Waals surface area (Å²) in [7, 11) is 0. The van der Waals surface area contributed by atoms with Gasteiger partial charge in [-0.1, -0.05) is 18.2 Å². The van der Waals surface area contributed by atoms with Crippen molar-refractivity contribution in [1.29, 1.82) is 0 Å². The predicted octanol–water partition coefficient (Wildman–Crippen LogP) is 4.53. The number of halogens is 6. The van der Waals surface area contributed by atoms with Gasteiger partial charge in [-0.15, -0.1) is 0 Å². The highest BCUT2D eigenvalue weighted by Crippen LogP contribution is 2.31. The number of hydrogen-bond donors (Lipinski definition) is 1. The zero-order valence-electron chi connectivity index (χ0n) is 12.1. The van der Waals surface area contributed by atoms with Gasteiger partial charge in [-0.05, 0) is 19.1 Å². The molecule has 3 nitrogen and oxygen atoms in total. The number of benzene rings is 1. The fraction of sp³-hybridized carbons (Fsp3) is 0.200. The van der Waals surface area contributed by atoms with Crippen molar-refractivity contribution in [3.63, 3.8) is 0 Å². The number of rotatable bonds is 3. The summed E-state index contributed by atoms with van der Waals surface area (Å²) in [5.41, 5.74) is -1.32. The monoisotopic (exact) mass is 348 g/mol. The van der Waals surface area contributed by atoms with Crippen LogP contribution in [0.2, 0.25) is 0 Å². The first-order valence-electron chi connectivity index (χ1n) is 6.52. The number of carbonyl (C=O) groups excluding carboxylic acids is 1. The number of nitrogens with one attached hydrogen (secondary N) is 1. The molecule has 1 N–H and O–H groups in total. The summed E-state index contributed by atoms with van der Waals surface area (Å²) in [6, 6.07) is 7.49. The van der Waals surface area contributed by atoms with Crippen LogP contribution >= 0.6 is 0 Å². The summed E-state index contributed by atoms with van der Waals surface area (Å²) in [5, 5.41) is 2.34. The Bertz CT molecular complexity index is 808. The SMILES string of the molecule is Cc1ccc2cccc(N/C(=C/C(=O)C(F)(F)F)C(F)(F)F)c2n1. The molecule has 0 atom stereocenters. The molecule has 0 saturated carbocycles. The Morgan fingerprint density at radius 3 is 2.29 bits per heavy atom. The van der Waals surface area contributed by atoms with Crippen molar-refractivity contribution in [2.75, 3.05) is 5.32 Å². The van der Waals surface area contributed by atoms with E-state index in [1.54, 1.807) is 25.1 Å². The van der Waals surface area contributed by atoms with Crippen molar-refractivity contribution in [1.82, 2.24) is 4.98 Å². The van der Waals surface area contributed by atoms with E-state index in [0.717, 1.165) is 0 Å². The van der Waals surface area contributed by atoms with Crippen LogP contribution in [0.1, 0.15) is 5.69 Å². The van der Waals surface area contributed by atoms with Crippen molar-refractivity contribution in [3.05, 3.63) is 47.8 Å². The van der Waals surface area contributed by atoms with Crippen LogP contribution in [0, 0.1) is 6.92 Å². The molecule has 9 heteroatoms. The summed E-state index contributed by atoms with van der Waals surface area (Å²) in [5.74, 6) is -2.60. The molecule has 0 aliphatic rings. The molecule has 0 bridgehead atoms. The lowest BCUT2D eigenvalue weighted by molar-refractivity contribution is -0.165. The number of aromatic nitrogens is 1. The zero-order valence-corrected chi connectivity index (χ0v) is 12.1. The Morgan fingerprint density at radius 1 is 1.04 bits per heavy atom. The summed E-state index contributed by atoms with van der Waals surface area (Å²) in [6.45, 7) is 1.61. The zero-order chi connectivity index (χ0) is 18.1. The quantitative estimate of drug-likeness (QED) is 0.654. The van der Waals surface area contributed by atoms with Crippen molar-refractivity contribution < 1.29 is 31.1 Å². The molecule has 2 aromatic rings. The van der Waals surface area contributed by atoms with Crippen LogP contribution in [0.15, 0.2) is 42.1 Å². The van der Waals surface area contributed by atoms with Crippen LogP contribution in [-0.2, 0) is 4.79 Å². The molecule has 0 saturated heterocycles. The lowest BCUT2D eigenvalue weighted by atomic mass is 10.1. The fourth-order valence-electron chi connectivity index (χ4n) is 1.89. The second-order valence-corrected chi connectivity index (χ2v) is 4.87. The fourth-order valence-corrected chi connectivity index (χ4v) is 1.89. The largest absolute Gasteiger partial charge is 0.454 e. The van der Waals surface area contributed by atoms with Gasteiger partial charge in [0.05, 0.1) is 11.2 Å². The molecule has 0 amide bonds. The maximum atomic E-state index is 13.0. The predicted molar refractivity (Wildman–Crippen MR) is 75.3 cm³/mol. The van der Waals surface area contributed by atoms with Gasteiger partial charge in [0, 0.05) is 17.2 Å². The van der Waals surface area contributed by atoms with Gasteiger partial charge in [0.15, 0.2) is 0 Å². The number of nitrogens with zero attached hydrogens (tertiary/aromatic N) is 1. The average molecular weight is 348 g/mol. The minimum Gasteiger partial charge on any atom is -0.350 e. The molecule has 1 aromatic heterocycles. The van der Waals surface area contributed by atoms with Crippen LogP contribution < -0.4 is 5.32 Å². The van der Waals surface area contributed by atoms with Gasteiger partial charge in [-0.3, -0.25) is 9.78 Å². The van der Waals surface area contributed by atoms with E-state index in [1.807, 2.05) is 5.32 Å². The third-order valence-electron chi connectivity index (χ3n) is 2.99. The average Bonchev–Trinajstić information content (AvgIpc) is 2.45. The van der Waals surface area contributed by atoms with Gasteiger partial charge in [-0.2, -0.15) is 26.3 Å². The number of carbonyl (C=O) groups is 1. The van der Waals surface area contributed by atoms with Crippen LogP contribution in [0.3, 0.4) is 0 Å². The Labute approximate surface area is 132 Å². The standard InChI is InChI=1S/C15H10F6N2O/c1-8-5-6-9-3-2-4-10(13(9)22-8)23-11(14(16,17)18)7-12(24)15(19,20)21/h2-7,23H,1H3/b11-7+. The van der Waals surface area contributed by atoms with Crippen molar-refractivity contribution >= 4 is 22.4 Å². The van der Waals surface area contributed by atoms with Crippen molar-refractivity contribution in [3.8, 4) is 0 Å². The number of para-hydroxylation sites is 1. The molecule has 24 heavy (non-hydrogen) atoms. The molecule has 0 fully saturated rings. The topological polar surface area (TPSA) is 42.0 Å². The molecular formula is C15H10F6N2O. The van der Waals surface area contributed by atoms with Gasteiger partial charge in [0.1, 0.15) is 5.70 Å². The Kier molecular flexibility index (Phi) is 4.54. The number of ketones is 1. The number of alkyl halides is 6. The van der Waals surface area contributed by atoms with Gasteiger partial charge in [-0.25, -0.2) is 0 Å². The van der Waals surface area contributed by atoms with E-state index in [-0.39, 0.29) is 11.2 Å². The van der Waals surface area contributed by atoms with Gasteiger partial charge < -0.3 is 5.32 Å². The number of fused-ring (bicyclic) bond motifs is 1. The number of aryl methyl sites for hydroxylation is 1. The van der Waals surface area contributed by atoms with E-state index in [1.165, 1.54) is 12.1 Å². The third-order valence-corrected chi connectivity index (χ3v) is 2.99. The van der Waals surface area contributed by atoms with Crippen LogP contribution in [-0.4, -0.2) is 23.1 Å². The van der Waals surface area contributed by atoms with Crippen LogP contribution in [0.4, 0.5) is 32.0 Å². The van der Waals surface area contributed by atoms with E-state index in [2.05, 4.69) is 4.98 Å². The van der Waals surface area contributed by atoms with E-state index in [9.17, 15) is 31.1 Å². The first-order valence-corrected chi connectivity index (χ1v) is 6.52. The lowest BCUT2D eigenvalue weighted by Crippen LogP contribution is -2.26. The third kappa shape index (κ3) is 4.03. The summed E-state index contributed by atoms with van der Waals surface area (Å²) >= 11 is 0. The molecule has 0 aliphatic carbocycles. The van der Waals surface area contributed by atoms with E-state index in [4.69, 9.17) is 0 Å². The Morgan fingerprint density at radius 2 is 1.71 bits per heavy atom. The summed E-state index contributed by atoms with van der Waals surface area (Å²) in [4.78, 5) is 14.9. The first kappa shape index (κ1) is 17.8. The Hall–Kier alpha value is -2.58. The van der Waals surface area contributed by atoms with E-state index < -0.39 is 29.9 Å². The number of pyridine rings is 1. The molecule has 0 unspecified atom stereocenters. The summed E-state index contributed by atoms with van der Waals surface area (Å²) in [6.07, 6.45) is -11.1. The second kappa shape index (κ2) is 6.14. The molecule has 0 aliphatic heterocycles. The van der Waals surface area contributed by atoms with Crippen molar-refractivity contribution in [2.45, 2.75) is 19.3 Å².